The number of aromatic nitrogens is 1. The molecule has 278 valence electrons. The summed E-state index contributed by atoms with van der Waals surface area (Å²) >= 11 is 1.36. The summed E-state index contributed by atoms with van der Waals surface area (Å²) in [6.45, 7) is 8.42. The lowest BCUT2D eigenvalue weighted by atomic mass is 9.91. The SMILES string of the molecule is CCC(C)CNC(=O)CC(O)C(NC(=O)[C@H](Cc1cscn1)NC(=O)[C@H](Cc1cccc2ccccc12)NC(=O)OCc1ccccc1)C(C)CC. The summed E-state index contributed by atoms with van der Waals surface area (Å²) in [4.78, 5) is 58.4. The van der Waals surface area contributed by atoms with Crippen LogP contribution < -0.4 is 21.3 Å². The van der Waals surface area contributed by atoms with Crippen LogP contribution >= 0.6 is 11.3 Å². The highest BCUT2D eigenvalue weighted by Crippen LogP contribution is 2.21. The van der Waals surface area contributed by atoms with E-state index in [-0.39, 0.29) is 37.7 Å². The molecule has 0 bridgehead atoms. The number of nitrogens with zero attached hydrogens (tertiary/aromatic N) is 1. The molecule has 0 radical (unpaired) electrons. The standard InChI is InChI=1S/C40H51N5O6S/c1-5-26(3)22-41-36(47)21-35(46)37(27(4)6-2)45-39(49)34(20-31-24-52-25-42-31)43-38(48)33(44-40(50)51-23-28-13-8-7-9-14-28)19-30-17-12-16-29-15-10-11-18-32(29)30/h7-18,24-27,33-35,37,46H,5-6,19-23H2,1-4H3,(H,41,47)(H,43,48)(H,44,50)(H,45,49)/t26?,27?,33-,34-,35?,37?/m0/s1. The van der Waals surface area contributed by atoms with Gasteiger partial charge in [-0.2, -0.15) is 0 Å². The lowest BCUT2D eigenvalue weighted by molar-refractivity contribution is -0.131. The molecule has 4 amide bonds. The van der Waals surface area contributed by atoms with Gasteiger partial charge in [-0.05, 0) is 33.7 Å². The molecule has 0 aliphatic carbocycles. The quantitative estimate of drug-likeness (QED) is 0.0876. The maximum Gasteiger partial charge on any atom is 0.408 e. The molecular weight excluding hydrogens is 679 g/mol. The second-order valence-corrected chi connectivity index (χ2v) is 14.1. The number of alkyl carbamates (subject to hydrolysis) is 1. The lowest BCUT2D eigenvalue weighted by Gasteiger charge is -2.31. The summed E-state index contributed by atoms with van der Waals surface area (Å²) in [5.41, 5.74) is 3.85. The number of benzene rings is 3. The van der Waals surface area contributed by atoms with E-state index >= 15 is 0 Å². The molecule has 0 saturated carbocycles. The first-order chi connectivity index (χ1) is 25.1. The topological polar surface area (TPSA) is 159 Å². The molecule has 4 aromatic rings. The number of thiazole rings is 1. The van der Waals surface area contributed by atoms with Crippen molar-refractivity contribution in [3.8, 4) is 0 Å². The Hall–Kier alpha value is -4.81. The van der Waals surface area contributed by atoms with E-state index in [1.165, 1.54) is 11.3 Å². The number of amides is 4. The molecule has 12 heteroatoms. The fourth-order valence-corrected chi connectivity index (χ4v) is 6.37. The van der Waals surface area contributed by atoms with Crippen LogP contribution in [0.3, 0.4) is 0 Å². The minimum absolute atomic E-state index is 0.0130. The highest BCUT2D eigenvalue weighted by molar-refractivity contribution is 7.07. The number of carbonyl (C=O) groups is 4. The Labute approximate surface area is 310 Å². The van der Waals surface area contributed by atoms with Crippen LogP contribution in [0.2, 0.25) is 0 Å². The molecule has 52 heavy (non-hydrogen) atoms. The van der Waals surface area contributed by atoms with Crippen LogP contribution in [0.4, 0.5) is 4.79 Å². The van der Waals surface area contributed by atoms with Crippen LogP contribution in [0, 0.1) is 11.8 Å². The molecule has 1 heterocycles. The Morgan fingerprint density at radius 1 is 0.827 bits per heavy atom. The van der Waals surface area contributed by atoms with E-state index in [0.717, 1.165) is 28.3 Å². The van der Waals surface area contributed by atoms with Gasteiger partial charge in [0, 0.05) is 24.8 Å². The Morgan fingerprint density at radius 3 is 2.23 bits per heavy atom. The molecule has 1 aromatic heterocycles. The molecule has 0 fully saturated rings. The summed E-state index contributed by atoms with van der Waals surface area (Å²) in [5.74, 6) is -1.32. The first-order valence-corrected chi connectivity index (χ1v) is 18.9. The molecule has 4 unspecified atom stereocenters. The maximum atomic E-state index is 14.2. The van der Waals surface area contributed by atoms with E-state index in [9.17, 15) is 24.3 Å². The third-order valence-electron chi connectivity index (χ3n) is 9.37. The highest BCUT2D eigenvalue weighted by atomic mass is 32.1. The predicted molar refractivity (Wildman–Crippen MR) is 203 cm³/mol. The molecule has 4 rings (SSSR count). The van der Waals surface area contributed by atoms with Crippen molar-refractivity contribution in [1.82, 2.24) is 26.3 Å². The largest absolute Gasteiger partial charge is 0.445 e. The number of fused-ring (bicyclic) bond motifs is 1. The van der Waals surface area contributed by atoms with E-state index in [1.54, 1.807) is 10.9 Å². The van der Waals surface area contributed by atoms with E-state index in [1.807, 2.05) is 100 Å². The zero-order valence-corrected chi connectivity index (χ0v) is 31.2. The number of ether oxygens (including phenoxy) is 1. The Bertz CT molecular complexity index is 1730. The number of nitrogens with one attached hydrogen (secondary N) is 4. The normalized spacial score (nSPS) is 14.6. The number of carbonyl (C=O) groups excluding carboxylic acids is 4. The zero-order chi connectivity index (χ0) is 37.5. The van der Waals surface area contributed by atoms with Crippen molar-refractivity contribution in [3.05, 3.63) is 101 Å². The molecule has 0 saturated heterocycles. The third-order valence-corrected chi connectivity index (χ3v) is 10.0. The van der Waals surface area contributed by atoms with Crippen molar-refractivity contribution in [2.24, 2.45) is 11.8 Å². The van der Waals surface area contributed by atoms with Gasteiger partial charge >= 0.3 is 6.09 Å². The van der Waals surface area contributed by atoms with Gasteiger partial charge in [-0.1, -0.05) is 113 Å². The minimum Gasteiger partial charge on any atom is -0.445 e. The monoisotopic (exact) mass is 729 g/mol. The van der Waals surface area contributed by atoms with Gasteiger partial charge in [0.1, 0.15) is 18.7 Å². The van der Waals surface area contributed by atoms with Crippen LogP contribution in [0.5, 0.6) is 0 Å². The fourth-order valence-electron chi connectivity index (χ4n) is 5.79. The average molecular weight is 730 g/mol. The van der Waals surface area contributed by atoms with Gasteiger partial charge in [-0.3, -0.25) is 14.4 Å². The molecule has 0 aliphatic rings. The third kappa shape index (κ3) is 12.2. The smallest absolute Gasteiger partial charge is 0.408 e. The Morgan fingerprint density at radius 2 is 1.52 bits per heavy atom. The molecule has 0 aliphatic heterocycles. The average Bonchev–Trinajstić information content (AvgIpc) is 3.68. The predicted octanol–water partition coefficient (Wildman–Crippen LogP) is 5.31. The van der Waals surface area contributed by atoms with E-state index in [2.05, 4.69) is 26.3 Å². The maximum absolute atomic E-state index is 14.2. The number of rotatable bonds is 19. The number of aliphatic hydroxyl groups is 1. The van der Waals surface area contributed by atoms with Gasteiger partial charge in [0.05, 0.1) is 29.8 Å². The van der Waals surface area contributed by atoms with Crippen LogP contribution in [0.25, 0.3) is 10.8 Å². The molecule has 0 spiro atoms. The van der Waals surface area contributed by atoms with Gasteiger partial charge in [-0.25, -0.2) is 9.78 Å². The summed E-state index contributed by atoms with van der Waals surface area (Å²) in [6.07, 6.45) is -0.396. The van der Waals surface area contributed by atoms with E-state index < -0.39 is 42.1 Å². The van der Waals surface area contributed by atoms with Gasteiger partial charge < -0.3 is 31.1 Å². The first-order valence-electron chi connectivity index (χ1n) is 17.9. The van der Waals surface area contributed by atoms with Crippen molar-refractivity contribution < 1.29 is 29.0 Å². The van der Waals surface area contributed by atoms with Crippen molar-refractivity contribution in [1.29, 1.82) is 0 Å². The van der Waals surface area contributed by atoms with E-state index in [4.69, 9.17) is 4.74 Å². The summed E-state index contributed by atoms with van der Waals surface area (Å²) < 4.78 is 5.48. The minimum atomic E-state index is -1.16. The second-order valence-electron chi connectivity index (χ2n) is 13.4. The summed E-state index contributed by atoms with van der Waals surface area (Å²) in [5, 5.41) is 26.3. The van der Waals surface area contributed by atoms with Crippen molar-refractivity contribution in [2.75, 3.05) is 6.54 Å². The summed E-state index contributed by atoms with van der Waals surface area (Å²) in [7, 11) is 0. The zero-order valence-electron chi connectivity index (χ0n) is 30.3. The highest BCUT2D eigenvalue weighted by Gasteiger charge is 2.33. The summed E-state index contributed by atoms with van der Waals surface area (Å²) in [6, 6.07) is 19.8. The van der Waals surface area contributed by atoms with Crippen LogP contribution in [-0.4, -0.2) is 64.7 Å². The number of hydrogen-bond acceptors (Lipinski definition) is 8. The molecule has 5 N–H and O–H groups in total. The van der Waals surface area contributed by atoms with Crippen molar-refractivity contribution in [3.63, 3.8) is 0 Å². The molecule has 11 nitrogen and oxygen atoms in total. The van der Waals surface area contributed by atoms with Crippen LogP contribution in [0.15, 0.2) is 83.7 Å². The van der Waals surface area contributed by atoms with Gasteiger partial charge in [0.25, 0.3) is 0 Å². The van der Waals surface area contributed by atoms with Gasteiger partial charge in [0.2, 0.25) is 17.7 Å². The van der Waals surface area contributed by atoms with Gasteiger partial charge in [-0.15, -0.1) is 11.3 Å². The Balaban J connectivity index is 1.55. The molecule has 6 atom stereocenters. The van der Waals surface area contributed by atoms with Crippen LogP contribution in [0.1, 0.15) is 63.8 Å². The molecular formula is C40H51N5O6S. The van der Waals surface area contributed by atoms with Crippen LogP contribution in [-0.2, 0) is 38.6 Å². The first kappa shape index (κ1) is 40.0. The lowest BCUT2D eigenvalue weighted by Crippen LogP contribution is -2.58. The Kier molecular flexibility index (Phi) is 15.6. The van der Waals surface area contributed by atoms with Gasteiger partial charge in [0.15, 0.2) is 0 Å². The van der Waals surface area contributed by atoms with Crippen molar-refractivity contribution >= 4 is 45.9 Å². The molecule has 3 aromatic carbocycles. The number of aliphatic hydroxyl groups excluding tert-OH is 1. The van der Waals surface area contributed by atoms with Crippen molar-refractivity contribution in [2.45, 2.75) is 90.6 Å². The fraction of sp³-hybridized carbons (Fsp3) is 0.425. The second kappa shape index (κ2) is 20.3. The van der Waals surface area contributed by atoms with E-state index in [0.29, 0.717) is 24.6 Å². The number of hydrogen-bond donors (Lipinski definition) is 5.